The van der Waals surface area contributed by atoms with E-state index in [-0.39, 0.29) is 24.4 Å². The van der Waals surface area contributed by atoms with Gasteiger partial charge in [-0.25, -0.2) is 0 Å². The third-order valence-corrected chi connectivity index (χ3v) is 6.60. The largest absolute Gasteiger partial charge is 0.342 e. The summed E-state index contributed by atoms with van der Waals surface area (Å²) in [5, 5.41) is 5.77. The fourth-order valence-corrected chi connectivity index (χ4v) is 4.84. The van der Waals surface area contributed by atoms with Crippen LogP contribution >= 0.6 is 0 Å². The van der Waals surface area contributed by atoms with Gasteiger partial charge in [0.15, 0.2) is 6.04 Å². The molecule has 1 saturated carbocycles. The number of hydrogen-bond acceptors (Lipinski definition) is 2. The van der Waals surface area contributed by atoms with Crippen molar-refractivity contribution in [1.29, 1.82) is 0 Å². The molecular weight excluding hydrogens is 338 g/mol. The zero-order chi connectivity index (χ0) is 19.4. The fraction of sp³-hybridized carbons (Fsp3) is 0.636. The minimum Gasteiger partial charge on any atom is -0.342 e. The zero-order valence-corrected chi connectivity index (χ0v) is 16.9. The van der Waals surface area contributed by atoms with Gasteiger partial charge in [-0.2, -0.15) is 0 Å². The van der Waals surface area contributed by atoms with Crippen LogP contribution in [0.15, 0.2) is 18.2 Å². The predicted octanol–water partition coefficient (Wildman–Crippen LogP) is 1.84. The SMILES string of the molecule is Cc1cccc(C)c1NC(=O)CNC(=O)[C@@H](C)[NH+]1CC[C@@H]2CCCC[C@@H]2C1. The van der Waals surface area contributed by atoms with Gasteiger partial charge in [-0.1, -0.05) is 31.0 Å². The third-order valence-electron chi connectivity index (χ3n) is 6.60. The number of para-hydroxylation sites is 1. The van der Waals surface area contributed by atoms with E-state index >= 15 is 0 Å². The van der Waals surface area contributed by atoms with E-state index in [2.05, 4.69) is 10.6 Å². The number of aryl methyl sites for hydroxylation is 2. The number of piperidine rings is 1. The number of anilines is 1. The number of carbonyl (C=O) groups excluding carboxylic acids is 2. The lowest BCUT2D eigenvalue weighted by Crippen LogP contribution is -3.18. The van der Waals surface area contributed by atoms with Crippen LogP contribution in [0.3, 0.4) is 0 Å². The Morgan fingerprint density at radius 2 is 1.78 bits per heavy atom. The first-order valence-electron chi connectivity index (χ1n) is 10.4. The Balaban J connectivity index is 1.47. The molecule has 27 heavy (non-hydrogen) atoms. The molecule has 1 aromatic rings. The molecule has 4 atom stereocenters. The second-order valence-electron chi connectivity index (χ2n) is 8.46. The maximum absolute atomic E-state index is 12.6. The van der Waals surface area contributed by atoms with E-state index in [1.165, 1.54) is 37.0 Å². The third kappa shape index (κ3) is 4.89. The van der Waals surface area contributed by atoms with Crippen molar-refractivity contribution < 1.29 is 14.5 Å². The Labute approximate surface area is 162 Å². The molecule has 1 heterocycles. The van der Waals surface area contributed by atoms with Gasteiger partial charge in [0.2, 0.25) is 5.91 Å². The van der Waals surface area contributed by atoms with Gasteiger partial charge in [-0.05, 0) is 57.1 Å². The lowest BCUT2D eigenvalue weighted by atomic mass is 9.75. The van der Waals surface area contributed by atoms with Crippen LogP contribution in [0.25, 0.3) is 0 Å². The Bertz CT molecular complexity index is 668. The normalized spacial score (nSPS) is 26.0. The number of rotatable bonds is 5. The van der Waals surface area contributed by atoms with Crippen molar-refractivity contribution in [2.24, 2.45) is 11.8 Å². The van der Waals surface area contributed by atoms with Crippen molar-refractivity contribution in [3.8, 4) is 0 Å². The molecule has 0 spiro atoms. The summed E-state index contributed by atoms with van der Waals surface area (Å²) < 4.78 is 0. The monoisotopic (exact) mass is 372 g/mol. The molecule has 3 N–H and O–H groups in total. The number of benzene rings is 1. The fourth-order valence-electron chi connectivity index (χ4n) is 4.84. The maximum Gasteiger partial charge on any atom is 0.278 e. The molecule has 5 heteroatoms. The topological polar surface area (TPSA) is 62.6 Å². The Hall–Kier alpha value is -1.88. The minimum absolute atomic E-state index is 0.0177. The molecule has 0 aromatic heterocycles. The van der Waals surface area contributed by atoms with Gasteiger partial charge in [0.1, 0.15) is 0 Å². The summed E-state index contributed by atoms with van der Waals surface area (Å²) in [5.74, 6) is 1.47. The molecule has 2 fully saturated rings. The van der Waals surface area contributed by atoms with Crippen LogP contribution in [0, 0.1) is 25.7 Å². The molecule has 1 aliphatic carbocycles. The lowest BCUT2D eigenvalue weighted by Gasteiger charge is -2.40. The molecule has 1 unspecified atom stereocenters. The highest BCUT2D eigenvalue weighted by atomic mass is 16.2. The molecule has 0 bridgehead atoms. The molecule has 1 saturated heterocycles. The van der Waals surface area contributed by atoms with E-state index in [9.17, 15) is 9.59 Å². The van der Waals surface area contributed by atoms with Gasteiger partial charge >= 0.3 is 0 Å². The molecule has 1 aliphatic heterocycles. The molecule has 3 rings (SSSR count). The van der Waals surface area contributed by atoms with Crippen LogP contribution in [0.2, 0.25) is 0 Å². The number of likely N-dealkylation sites (tertiary alicyclic amines) is 1. The Kier molecular flexibility index (Phi) is 6.53. The van der Waals surface area contributed by atoms with Crippen molar-refractivity contribution in [3.05, 3.63) is 29.3 Å². The highest BCUT2D eigenvalue weighted by Crippen LogP contribution is 2.32. The molecule has 1 aromatic carbocycles. The van der Waals surface area contributed by atoms with E-state index < -0.39 is 0 Å². The van der Waals surface area contributed by atoms with Crippen molar-refractivity contribution in [1.82, 2.24) is 5.32 Å². The summed E-state index contributed by atoms with van der Waals surface area (Å²) in [5.41, 5.74) is 2.90. The van der Waals surface area contributed by atoms with E-state index in [1.807, 2.05) is 39.0 Å². The van der Waals surface area contributed by atoms with Gasteiger partial charge in [-0.15, -0.1) is 0 Å². The van der Waals surface area contributed by atoms with Crippen molar-refractivity contribution in [3.63, 3.8) is 0 Å². The summed E-state index contributed by atoms with van der Waals surface area (Å²) in [7, 11) is 0. The predicted molar refractivity (Wildman–Crippen MR) is 108 cm³/mol. The van der Waals surface area contributed by atoms with Gasteiger partial charge < -0.3 is 15.5 Å². The summed E-state index contributed by atoms with van der Waals surface area (Å²) in [4.78, 5) is 26.2. The summed E-state index contributed by atoms with van der Waals surface area (Å²) in [6.07, 6.45) is 6.65. The molecular formula is C22H34N3O2+. The van der Waals surface area contributed by atoms with E-state index in [0.29, 0.717) is 0 Å². The molecule has 148 valence electrons. The summed E-state index contributed by atoms with van der Waals surface area (Å²) in [6.45, 7) is 8.15. The van der Waals surface area contributed by atoms with Crippen LogP contribution in [-0.4, -0.2) is 37.5 Å². The van der Waals surface area contributed by atoms with E-state index in [1.54, 1.807) is 0 Å². The number of hydrogen-bond donors (Lipinski definition) is 3. The second kappa shape index (κ2) is 8.87. The zero-order valence-electron chi connectivity index (χ0n) is 16.9. The van der Waals surface area contributed by atoms with Crippen LogP contribution in [0.5, 0.6) is 0 Å². The highest BCUT2D eigenvalue weighted by Gasteiger charge is 2.37. The summed E-state index contributed by atoms with van der Waals surface area (Å²) in [6, 6.07) is 5.83. The van der Waals surface area contributed by atoms with Crippen molar-refractivity contribution in [2.75, 3.05) is 25.0 Å². The maximum atomic E-state index is 12.6. The molecule has 5 nitrogen and oxygen atoms in total. The standard InChI is InChI=1S/C22H33N3O2/c1-15-7-6-8-16(2)21(15)24-20(26)13-23-22(27)17(3)25-12-11-18-9-4-5-10-19(18)14-25/h6-8,17-19H,4-5,9-14H2,1-3H3,(H,23,27)(H,24,26)/p+1/t17-,18+,19-/m1/s1. The quantitative estimate of drug-likeness (QED) is 0.739. The average molecular weight is 373 g/mol. The number of fused-ring (bicyclic) bond motifs is 1. The van der Waals surface area contributed by atoms with Gasteiger partial charge in [0, 0.05) is 11.6 Å². The number of quaternary nitrogens is 1. The lowest BCUT2D eigenvalue weighted by molar-refractivity contribution is -0.924. The van der Waals surface area contributed by atoms with Gasteiger partial charge in [0.05, 0.1) is 19.6 Å². The van der Waals surface area contributed by atoms with Crippen LogP contribution in [-0.2, 0) is 9.59 Å². The van der Waals surface area contributed by atoms with Crippen LogP contribution in [0.1, 0.15) is 50.2 Å². The number of amides is 2. The first-order valence-corrected chi connectivity index (χ1v) is 10.4. The second-order valence-corrected chi connectivity index (χ2v) is 8.46. The Morgan fingerprint density at radius 1 is 1.11 bits per heavy atom. The van der Waals surface area contributed by atoms with E-state index in [4.69, 9.17) is 0 Å². The molecule has 2 aliphatic rings. The first-order chi connectivity index (χ1) is 13.0. The highest BCUT2D eigenvalue weighted by molar-refractivity contribution is 5.96. The molecule has 0 radical (unpaired) electrons. The smallest absolute Gasteiger partial charge is 0.278 e. The van der Waals surface area contributed by atoms with Crippen molar-refractivity contribution >= 4 is 17.5 Å². The number of nitrogens with one attached hydrogen (secondary N) is 3. The molecule has 2 amide bonds. The van der Waals surface area contributed by atoms with E-state index in [0.717, 1.165) is 41.7 Å². The Morgan fingerprint density at radius 3 is 2.48 bits per heavy atom. The first kappa shape index (κ1) is 19.9. The minimum atomic E-state index is -0.172. The average Bonchev–Trinajstić information content (AvgIpc) is 2.68. The van der Waals surface area contributed by atoms with Gasteiger partial charge in [0.25, 0.3) is 5.91 Å². The van der Waals surface area contributed by atoms with Crippen molar-refractivity contribution in [2.45, 2.75) is 58.9 Å². The van der Waals surface area contributed by atoms with Crippen LogP contribution in [0.4, 0.5) is 5.69 Å². The summed E-state index contributed by atoms with van der Waals surface area (Å²) >= 11 is 0. The number of carbonyl (C=O) groups is 2. The van der Waals surface area contributed by atoms with Gasteiger partial charge in [-0.3, -0.25) is 9.59 Å². The van der Waals surface area contributed by atoms with Crippen LogP contribution < -0.4 is 15.5 Å².